The lowest BCUT2D eigenvalue weighted by Crippen LogP contribution is -2.42. The predicted octanol–water partition coefficient (Wildman–Crippen LogP) is 3.13. The fraction of sp³-hybridized carbons (Fsp3) is 0.235. The molecule has 2 aromatic carbocycles. The highest BCUT2D eigenvalue weighted by atomic mass is 19.1. The summed E-state index contributed by atoms with van der Waals surface area (Å²) in [5.74, 6) is -1.00. The fourth-order valence-corrected chi connectivity index (χ4v) is 1.98. The van der Waals surface area contributed by atoms with E-state index in [0.717, 1.165) is 0 Å². The summed E-state index contributed by atoms with van der Waals surface area (Å²) >= 11 is 0. The van der Waals surface area contributed by atoms with Crippen molar-refractivity contribution < 1.29 is 18.3 Å². The SMILES string of the molecule is CC(C)(CNC(=O)c1cccc(F)c1N)Oc1ccc(F)cc1. The first-order valence-electron chi connectivity index (χ1n) is 7.05. The van der Waals surface area contributed by atoms with Crippen LogP contribution in [0.1, 0.15) is 24.2 Å². The highest BCUT2D eigenvalue weighted by molar-refractivity contribution is 5.99. The quantitative estimate of drug-likeness (QED) is 0.832. The number of para-hydroxylation sites is 1. The van der Waals surface area contributed by atoms with Crippen molar-refractivity contribution in [3.8, 4) is 5.75 Å². The van der Waals surface area contributed by atoms with Gasteiger partial charge in [0.05, 0.1) is 17.8 Å². The molecule has 1 amide bonds. The maximum absolute atomic E-state index is 13.4. The van der Waals surface area contributed by atoms with Crippen LogP contribution in [0.3, 0.4) is 0 Å². The minimum Gasteiger partial charge on any atom is -0.486 e. The average molecular weight is 320 g/mol. The molecule has 0 aliphatic carbocycles. The largest absolute Gasteiger partial charge is 0.486 e. The molecule has 2 aromatic rings. The highest BCUT2D eigenvalue weighted by Crippen LogP contribution is 2.19. The van der Waals surface area contributed by atoms with Crippen LogP contribution in [0.4, 0.5) is 14.5 Å². The van der Waals surface area contributed by atoms with Gasteiger partial charge in [0.2, 0.25) is 0 Å². The number of hydrogen-bond donors (Lipinski definition) is 2. The van der Waals surface area contributed by atoms with Gasteiger partial charge in [-0.2, -0.15) is 0 Å². The van der Waals surface area contributed by atoms with Gasteiger partial charge in [0.25, 0.3) is 5.91 Å². The molecule has 0 aliphatic heterocycles. The molecule has 0 aliphatic rings. The van der Waals surface area contributed by atoms with Crippen molar-refractivity contribution in [1.82, 2.24) is 5.32 Å². The Morgan fingerprint density at radius 2 is 1.83 bits per heavy atom. The van der Waals surface area contributed by atoms with Gasteiger partial charge in [0, 0.05) is 0 Å². The summed E-state index contributed by atoms with van der Waals surface area (Å²) in [5.41, 5.74) is 4.70. The standard InChI is InChI=1S/C17H18F2N2O2/c1-17(2,23-12-8-6-11(18)7-9-12)10-21-16(22)13-4-3-5-14(19)15(13)20/h3-9H,10,20H2,1-2H3,(H,21,22). The van der Waals surface area contributed by atoms with Crippen LogP contribution in [-0.2, 0) is 0 Å². The Kier molecular flexibility index (Phi) is 4.83. The third-order valence-electron chi connectivity index (χ3n) is 3.18. The van der Waals surface area contributed by atoms with Crippen LogP contribution >= 0.6 is 0 Å². The third kappa shape index (κ3) is 4.42. The van der Waals surface area contributed by atoms with Crippen LogP contribution in [-0.4, -0.2) is 18.1 Å². The van der Waals surface area contributed by atoms with E-state index in [-0.39, 0.29) is 23.6 Å². The fourth-order valence-electron chi connectivity index (χ4n) is 1.98. The lowest BCUT2D eigenvalue weighted by Gasteiger charge is -2.27. The first kappa shape index (κ1) is 16.7. The van der Waals surface area contributed by atoms with Crippen molar-refractivity contribution in [2.75, 3.05) is 12.3 Å². The number of anilines is 1. The summed E-state index contributed by atoms with van der Waals surface area (Å²) in [6.07, 6.45) is 0. The molecule has 0 aromatic heterocycles. The summed E-state index contributed by atoms with van der Waals surface area (Å²) in [6.45, 7) is 3.70. The molecular formula is C17H18F2N2O2. The van der Waals surface area contributed by atoms with Gasteiger partial charge in [-0.05, 0) is 50.2 Å². The second-order valence-electron chi connectivity index (χ2n) is 5.70. The van der Waals surface area contributed by atoms with Crippen molar-refractivity contribution in [3.05, 3.63) is 59.7 Å². The summed E-state index contributed by atoms with van der Waals surface area (Å²) in [5, 5.41) is 2.65. The van der Waals surface area contributed by atoms with E-state index in [4.69, 9.17) is 10.5 Å². The predicted molar refractivity (Wildman–Crippen MR) is 84.3 cm³/mol. The smallest absolute Gasteiger partial charge is 0.253 e. The Morgan fingerprint density at radius 3 is 2.48 bits per heavy atom. The minimum absolute atomic E-state index is 0.0718. The molecule has 0 saturated heterocycles. The number of benzene rings is 2. The van der Waals surface area contributed by atoms with Gasteiger partial charge < -0.3 is 15.8 Å². The number of amides is 1. The molecule has 2 rings (SSSR count). The molecule has 0 saturated carbocycles. The zero-order valence-corrected chi connectivity index (χ0v) is 12.9. The van der Waals surface area contributed by atoms with E-state index in [9.17, 15) is 13.6 Å². The van der Waals surface area contributed by atoms with Crippen molar-refractivity contribution in [2.45, 2.75) is 19.4 Å². The summed E-state index contributed by atoms with van der Waals surface area (Å²) in [6, 6.07) is 9.64. The molecule has 23 heavy (non-hydrogen) atoms. The Bertz CT molecular complexity index is 700. The van der Waals surface area contributed by atoms with Crippen LogP contribution in [0.2, 0.25) is 0 Å². The van der Waals surface area contributed by atoms with Crippen molar-refractivity contribution in [3.63, 3.8) is 0 Å². The molecule has 122 valence electrons. The molecule has 3 N–H and O–H groups in total. The van der Waals surface area contributed by atoms with E-state index in [1.54, 1.807) is 13.8 Å². The molecule has 0 fully saturated rings. The molecule has 0 heterocycles. The summed E-state index contributed by atoms with van der Waals surface area (Å²) < 4.78 is 32.0. The third-order valence-corrected chi connectivity index (χ3v) is 3.18. The van der Waals surface area contributed by atoms with Crippen LogP contribution < -0.4 is 15.8 Å². The van der Waals surface area contributed by atoms with E-state index < -0.39 is 17.3 Å². The number of nitrogens with one attached hydrogen (secondary N) is 1. The summed E-state index contributed by atoms with van der Waals surface area (Å²) in [4.78, 5) is 12.1. The number of rotatable bonds is 5. The second kappa shape index (κ2) is 6.64. The molecule has 0 atom stereocenters. The number of ether oxygens (including phenoxy) is 1. The zero-order chi connectivity index (χ0) is 17.0. The van der Waals surface area contributed by atoms with Crippen LogP contribution in [0.25, 0.3) is 0 Å². The highest BCUT2D eigenvalue weighted by Gasteiger charge is 2.22. The topological polar surface area (TPSA) is 64.4 Å². The van der Waals surface area contributed by atoms with Crippen molar-refractivity contribution >= 4 is 11.6 Å². The van der Waals surface area contributed by atoms with Gasteiger partial charge in [-0.1, -0.05) is 6.07 Å². The van der Waals surface area contributed by atoms with Crippen LogP contribution in [0.5, 0.6) is 5.75 Å². The van der Waals surface area contributed by atoms with Crippen molar-refractivity contribution in [2.24, 2.45) is 0 Å². The summed E-state index contributed by atoms with van der Waals surface area (Å²) in [7, 11) is 0. The molecule has 4 nitrogen and oxygen atoms in total. The van der Waals surface area contributed by atoms with Gasteiger partial charge in [-0.15, -0.1) is 0 Å². The first-order valence-corrected chi connectivity index (χ1v) is 7.05. The van der Waals surface area contributed by atoms with E-state index in [1.807, 2.05) is 0 Å². The minimum atomic E-state index is -0.740. The number of carbonyl (C=O) groups excluding carboxylic acids is 1. The molecule has 6 heteroatoms. The number of hydrogen-bond acceptors (Lipinski definition) is 3. The van der Waals surface area contributed by atoms with Gasteiger partial charge >= 0.3 is 0 Å². The lowest BCUT2D eigenvalue weighted by atomic mass is 10.1. The van der Waals surface area contributed by atoms with Gasteiger partial charge in [0.15, 0.2) is 0 Å². The maximum Gasteiger partial charge on any atom is 0.253 e. The normalized spacial score (nSPS) is 11.1. The molecule has 0 unspecified atom stereocenters. The number of carbonyl (C=O) groups is 1. The Balaban J connectivity index is 1.99. The van der Waals surface area contributed by atoms with Gasteiger partial charge in [-0.3, -0.25) is 4.79 Å². The maximum atomic E-state index is 13.4. The van der Waals surface area contributed by atoms with Crippen LogP contribution in [0, 0.1) is 11.6 Å². The number of halogens is 2. The Morgan fingerprint density at radius 1 is 1.17 bits per heavy atom. The van der Waals surface area contributed by atoms with Gasteiger partial charge in [0.1, 0.15) is 23.0 Å². The number of nitrogens with two attached hydrogens (primary N) is 1. The second-order valence-corrected chi connectivity index (χ2v) is 5.70. The van der Waals surface area contributed by atoms with E-state index in [0.29, 0.717) is 5.75 Å². The average Bonchev–Trinajstić information content (AvgIpc) is 2.50. The number of nitrogen functional groups attached to an aromatic ring is 1. The zero-order valence-electron chi connectivity index (χ0n) is 12.9. The first-order chi connectivity index (χ1) is 10.8. The lowest BCUT2D eigenvalue weighted by molar-refractivity contribution is 0.0825. The molecular weight excluding hydrogens is 302 g/mol. The molecule has 0 radical (unpaired) electrons. The van der Waals surface area contributed by atoms with E-state index >= 15 is 0 Å². The molecule has 0 bridgehead atoms. The van der Waals surface area contributed by atoms with E-state index in [2.05, 4.69) is 5.32 Å². The van der Waals surface area contributed by atoms with Gasteiger partial charge in [-0.25, -0.2) is 8.78 Å². The van der Waals surface area contributed by atoms with Crippen molar-refractivity contribution in [1.29, 1.82) is 0 Å². The molecule has 0 spiro atoms. The van der Waals surface area contributed by atoms with E-state index in [1.165, 1.54) is 42.5 Å². The Hall–Kier alpha value is -2.63. The van der Waals surface area contributed by atoms with Crippen LogP contribution in [0.15, 0.2) is 42.5 Å². The Labute approximate surface area is 133 Å². The monoisotopic (exact) mass is 320 g/mol.